The molecule has 0 aromatic carbocycles. The molecule has 0 spiro atoms. The van der Waals surface area contributed by atoms with Gasteiger partial charge >= 0.3 is 0 Å². The first-order valence-corrected chi connectivity index (χ1v) is 6.78. The van der Waals surface area contributed by atoms with Crippen LogP contribution in [-0.4, -0.2) is 16.7 Å². The summed E-state index contributed by atoms with van der Waals surface area (Å²) in [4.78, 5) is 4.61. The van der Waals surface area contributed by atoms with Crippen LogP contribution < -0.4 is 5.73 Å². The van der Waals surface area contributed by atoms with Crippen molar-refractivity contribution in [3.05, 3.63) is 11.7 Å². The molecule has 4 nitrogen and oxygen atoms in total. The van der Waals surface area contributed by atoms with E-state index in [-0.39, 0.29) is 5.41 Å². The smallest absolute Gasteiger partial charge is 0.234 e. The monoisotopic (exact) mass is 235 g/mol. The van der Waals surface area contributed by atoms with Crippen LogP contribution in [0.5, 0.6) is 0 Å². The lowest BCUT2D eigenvalue weighted by molar-refractivity contribution is 0.191. The van der Waals surface area contributed by atoms with Crippen LogP contribution in [0.25, 0.3) is 0 Å². The molecule has 0 radical (unpaired) electrons. The molecule has 1 heterocycles. The van der Waals surface area contributed by atoms with E-state index in [4.69, 9.17) is 10.3 Å². The summed E-state index contributed by atoms with van der Waals surface area (Å²) >= 11 is 0. The zero-order valence-corrected chi connectivity index (χ0v) is 10.5. The summed E-state index contributed by atoms with van der Waals surface area (Å²) in [6, 6.07) is 0. The van der Waals surface area contributed by atoms with Gasteiger partial charge < -0.3 is 10.3 Å². The Hall–Kier alpha value is -0.900. The van der Waals surface area contributed by atoms with Crippen molar-refractivity contribution < 1.29 is 4.52 Å². The summed E-state index contributed by atoms with van der Waals surface area (Å²) in [5, 5.41) is 4.12. The number of nitrogens with zero attached hydrogens (tertiary/aromatic N) is 2. The van der Waals surface area contributed by atoms with Gasteiger partial charge in [-0.05, 0) is 44.4 Å². The van der Waals surface area contributed by atoms with Crippen molar-refractivity contribution in [1.82, 2.24) is 10.1 Å². The van der Waals surface area contributed by atoms with Crippen LogP contribution in [0.15, 0.2) is 4.52 Å². The molecular weight excluding hydrogens is 214 g/mol. The molecule has 0 bridgehead atoms. The van der Waals surface area contributed by atoms with Gasteiger partial charge in [0.15, 0.2) is 5.82 Å². The largest absolute Gasteiger partial charge is 0.339 e. The predicted molar refractivity (Wildman–Crippen MR) is 64.6 cm³/mol. The van der Waals surface area contributed by atoms with Gasteiger partial charge in [-0.2, -0.15) is 4.98 Å². The molecule has 94 valence electrons. The highest BCUT2D eigenvalue weighted by Gasteiger charge is 2.40. The van der Waals surface area contributed by atoms with Crippen LogP contribution in [0.2, 0.25) is 0 Å². The minimum Gasteiger partial charge on any atom is -0.339 e. The van der Waals surface area contributed by atoms with E-state index in [1.807, 2.05) is 0 Å². The molecule has 0 unspecified atom stereocenters. The fraction of sp³-hybridized carbons (Fsp3) is 0.846. The third kappa shape index (κ3) is 1.99. The van der Waals surface area contributed by atoms with Crippen LogP contribution in [-0.2, 0) is 5.41 Å². The molecule has 4 heteroatoms. The van der Waals surface area contributed by atoms with Crippen molar-refractivity contribution >= 4 is 0 Å². The van der Waals surface area contributed by atoms with Crippen molar-refractivity contribution in [2.45, 2.75) is 56.8 Å². The molecule has 0 aliphatic heterocycles. The fourth-order valence-electron chi connectivity index (χ4n) is 2.78. The Morgan fingerprint density at radius 3 is 2.59 bits per heavy atom. The first-order chi connectivity index (χ1) is 8.23. The number of nitrogens with two attached hydrogens (primary N) is 1. The van der Waals surface area contributed by atoms with Crippen LogP contribution >= 0.6 is 0 Å². The summed E-state index contributed by atoms with van der Waals surface area (Å²) in [6.45, 7) is 2.94. The van der Waals surface area contributed by atoms with Gasteiger partial charge in [0.1, 0.15) is 0 Å². The minimum absolute atomic E-state index is 0.0351. The highest BCUT2D eigenvalue weighted by molar-refractivity contribution is 5.11. The molecule has 1 aromatic heterocycles. The first kappa shape index (κ1) is 11.2. The Bertz CT molecular complexity index is 389. The normalized spacial score (nSPS) is 33.9. The summed E-state index contributed by atoms with van der Waals surface area (Å²) in [6.07, 6.45) is 7.06. The quantitative estimate of drug-likeness (QED) is 0.873. The molecule has 2 N–H and O–H groups in total. The van der Waals surface area contributed by atoms with Crippen molar-refractivity contribution in [1.29, 1.82) is 0 Å². The molecule has 2 aliphatic rings. The van der Waals surface area contributed by atoms with Gasteiger partial charge in [-0.3, -0.25) is 0 Å². The number of rotatable bonds is 3. The molecule has 0 saturated heterocycles. The van der Waals surface area contributed by atoms with Gasteiger partial charge in [-0.25, -0.2) is 0 Å². The van der Waals surface area contributed by atoms with Crippen LogP contribution in [0.4, 0.5) is 0 Å². The van der Waals surface area contributed by atoms with E-state index in [0.29, 0.717) is 12.5 Å². The molecule has 2 aliphatic carbocycles. The van der Waals surface area contributed by atoms with Crippen LogP contribution in [0.3, 0.4) is 0 Å². The van der Waals surface area contributed by atoms with Gasteiger partial charge in [0.2, 0.25) is 5.89 Å². The van der Waals surface area contributed by atoms with Gasteiger partial charge in [0.25, 0.3) is 0 Å². The number of hydrogen-bond acceptors (Lipinski definition) is 4. The summed E-state index contributed by atoms with van der Waals surface area (Å²) in [5.74, 6) is 3.07. The van der Waals surface area contributed by atoms with Crippen molar-refractivity contribution in [3.8, 4) is 0 Å². The lowest BCUT2D eigenvalue weighted by atomic mass is 9.71. The van der Waals surface area contributed by atoms with Gasteiger partial charge in [-0.1, -0.05) is 12.1 Å². The molecule has 0 atom stereocenters. The molecule has 0 amide bonds. The zero-order chi connectivity index (χ0) is 11.9. The van der Waals surface area contributed by atoms with Crippen molar-refractivity contribution in [2.24, 2.45) is 11.7 Å². The van der Waals surface area contributed by atoms with E-state index in [1.54, 1.807) is 0 Å². The maximum atomic E-state index is 5.99. The first-order valence-electron chi connectivity index (χ1n) is 6.78. The van der Waals surface area contributed by atoms with Crippen LogP contribution in [0, 0.1) is 5.92 Å². The maximum absolute atomic E-state index is 5.99. The second-order valence-corrected chi connectivity index (χ2v) is 5.90. The van der Waals surface area contributed by atoms with E-state index >= 15 is 0 Å². The summed E-state index contributed by atoms with van der Waals surface area (Å²) in [5.41, 5.74) is 5.95. The lowest BCUT2D eigenvalue weighted by Crippen LogP contribution is -2.39. The summed E-state index contributed by atoms with van der Waals surface area (Å²) < 4.78 is 5.49. The molecule has 1 aromatic rings. The van der Waals surface area contributed by atoms with E-state index in [2.05, 4.69) is 17.1 Å². The number of aromatic nitrogens is 2. The molecular formula is C13H21N3O. The highest BCUT2D eigenvalue weighted by Crippen LogP contribution is 2.42. The SMILES string of the molecule is CC1CCC(CN)(c2nc(C3CC3)no2)CC1. The van der Waals surface area contributed by atoms with Crippen LogP contribution in [0.1, 0.15) is 63.1 Å². The average Bonchev–Trinajstić information content (AvgIpc) is 3.09. The van der Waals surface area contributed by atoms with Crippen molar-refractivity contribution in [2.75, 3.05) is 6.54 Å². The minimum atomic E-state index is -0.0351. The Labute approximate surface area is 102 Å². The molecule has 2 saturated carbocycles. The van der Waals surface area contributed by atoms with Gasteiger partial charge in [0, 0.05) is 12.5 Å². The second kappa shape index (κ2) is 4.09. The van der Waals surface area contributed by atoms with E-state index < -0.39 is 0 Å². The maximum Gasteiger partial charge on any atom is 0.234 e. The Balaban J connectivity index is 1.82. The third-order valence-corrected chi connectivity index (χ3v) is 4.46. The Morgan fingerprint density at radius 2 is 2.00 bits per heavy atom. The van der Waals surface area contributed by atoms with E-state index in [1.165, 1.54) is 25.7 Å². The topological polar surface area (TPSA) is 64.9 Å². The van der Waals surface area contributed by atoms with Gasteiger partial charge in [-0.15, -0.1) is 0 Å². The van der Waals surface area contributed by atoms with Gasteiger partial charge in [0.05, 0.1) is 5.41 Å². The second-order valence-electron chi connectivity index (χ2n) is 5.90. The fourth-order valence-corrected chi connectivity index (χ4v) is 2.78. The molecule has 17 heavy (non-hydrogen) atoms. The zero-order valence-electron chi connectivity index (χ0n) is 10.5. The number of hydrogen-bond donors (Lipinski definition) is 1. The standard InChI is InChI=1S/C13H21N3O/c1-9-4-6-13(8-14,7-5-9)12-15-11(16-17-12)10-2-3-10/h9-10H,2-8,14H2,1H3. The van der Waals surface area contributed by atoms with Crippen molar-refractivity contribution in [3.63, 3.8) is 0 Å². The summed E-state index contributed by atoms with van der Waals surface area (Å²) in [7, 11) is 0. The Kier molecular flexibility index (Phi) is 2.69. The molecule has 3 rings (SSSR count). The lowest BCUT2D eigenvalue weighted by Gasteiger charge is -2.35. The Morgan fingerprint density at radius 1 is 1.29 bits per heavy atom. The average molecular weight is 235 g/mol. The van der Waals surface area contributed by atoms with E-state index in [9.17, 15) is 0 Å². The van der Waals surface area contributed by atoms with E-state index in [0.717, 1.165) is 30.5 Å². The third-order valence-electron chi connectivity index (χ3n) is 4.46. The molecule has 2 fully saturated rings. The highest BCUT2D eigenvalue weighted by atomic mass is 16.5. The predicted octanol–water partition coefficient (Wildman–Crippen LogP) is 2.35.